The second kappa shape index (κ2) is 8.54. The predicted octanol–water partition coefficient (Wildman–Crippen LogP) is 5.00. The first-order chi connectivity index (χ1) is 13.4. The smallest absolute Gasteiger partial charge is 0.274 e. The number of nitrogens with zero attached hydrogens (tertiary/aromatic N) is 1. The summed E-state index contributed by atoms with van der Waals surface area (Å²) in [6.45, 7) is 3.40. The number of halogens is 1. The van der Waals surface area contributed by atoms with Crippen LogP contribution in [0.1, 0.15) is 23.0 Å². The fraction of sp³-hybridized carbons (Fsp3) is 0.0952. The van der Waals surface area contributed by atoms with Crippen LogP contribution < -0.4 is 16.0 Å². The summed E-state index contributed by atoms with van der Waals surface area (Å²) >= 11 is 5.97. The molecule has 6 nitrogen and oxygen atoms in total. The molecule has 0 saturated carbocycles. The molecule has 3 N–H and O–H groups in total. The first-order valence-electron chi connectivity index (χ1n) is 8.59. The molecule has 0 bridgehead atoms. The molecule has 1 aromatic heterocycles. The van der Waals surface area contributed by atoms with Gasteiger partial charge in [-0.15, -0.1) is 0 Å². The maximum atomic E-state index is 12.4. The summed E-state index contributed by atoms with van der Waals surface area (Å²) in [6.07, 6.45) is 1.60. The summed E-state index contributed by atoms with van der Waals surface area (Å²) in [7, 11) is 0. The zero-order chi connectivity index (χ0) is 20.1. The van der Waals surface area contributed by atoms with Gasteiger partial charge in [0.1, 0.15) is 5.69 Å². The van der Waals surface area contributed by atoms with Gasteiger partial charge in [0.15, 0.2) is 0 Å². The third-order valence-corrected chi connectivity index (χ3v) is 4.16. The van der Waals surface area contributed by atoms with Crippen molar-refractivity contribution in [2.24, 2.45) is 0 Å². The van der Waals surface area contributed by atoms with E-state index < -0.39 is 0 Å². The molecule has 0 radical (unpaired) electrons. The topological polar surface area (TPSA) is 83.1 Å². The van der Waals surface area contributed by atoms with Crippen LogP contribution in [0.5, 0.6) is 0 Å². The molecule has 3 rings (SSSR count). The zero-order valence-corrected chi connectivity index (χ0v) is 16.2. The van der Waals surface area contributed by atoms with Crippen molar-refractivity contribution in [2.75, 3.05) is 16.0 Å². The van der Waals surface area contributed by atoms with Crippen molar-refractivity contribution in [3.8, 4) is 0 Å². The fourth-order valence-corrected chi connectivity index (χ4v) is 2.79. The quantitative estimate of drug-likeness (QED) is 0.568. The molecule has 0 unspecified atom stereocenters. The lowest BCUT2D eigenvalue weighted by Crippen LogP contribution is -2.13. The highest BCUT2D eigenvalue weighted by molar-refractivity contribution is 6.30. The highest BCUT2D eigenvalue weighted by Crippen LogP contribution is 2.23. The van der Waals surface area contributed by atoms with Crippen molar-refractivity contribution in [2.45, 2.75) is 13.8 Å². The van der Waals surface area contributed by atoms with Crippen LogP contribution in [0.4, 0.5) is 22.7 Å². The molecule has 7 heteroatoms. The van der Waals surface area contributed by atoms with Crippen LogP contribution in [-0.2, 0) is 4.79 Å². The Hall–Kier alpha value is -3.38. The van der Waals surface area contributed by atoms with E-state index in [1.807, 2.05) is 25.1 Å². The average molecular weight is 395 g/mol. The first kappa shape index (κ1) is 19.4. The number of pyridine rings is 1. The summed E-state index contributed by atoms with van der Waals surface area (Å²) < 4.78 is 0. The molecule has 0 aliphatic heterocycles. The highest BCUT2D eigenvalue weighted by atomic mass is 35.5. The van der Waals surface area contributed by atoms with Gasteiger partial charge in [0, 0.05) is 29.0 Å². The van der Waals surface area contributed by atoms with Gasteiger partial charge in [0.05, 0.1) is 11.9 Å². The van der Waals surface area contributed by atoms with Gasteiger partial charge in [-0.1, -0.05) is 11.6 Å². The number of amides is 2. The summed E-state index contributed by atoms with van der Waals surface area (Å²) in [5.41, 5.74) is 4.27. The summed E-state index contributed by atoms with van der Waals surface area (Å²) in [6, 6.07) is 15.9. The maximum absolute atomic E-state index is 12.4. The standard InChI is InChI=1S/C21H19ClN4O2/c1-13-11-15(22)3-9-19(13)25-18-8-10-20(23-12-18)21(28)26-17-6-4-16(5-7-17)24-14(2)27/h3-12,25H,1-2H3,(H,24,27)(H,26,28). The van der Waals surface area contributed by atoms with E-state index in [0.717, 1.165) is 16.9 Å². The van der Waals surface area contributed by atoms with Crippen LogP contribution in [0, 0.1) is 6.92 Å². The van der Waals surface area contributed by atoms with Crippen LogP contribution >= 0.6 is 11.6 Å². The summed E-state index contributed by atoms with van der Waals surface area (Å²) in [5.74, 6) is -0.468. The maximum Gasteiger partial charge on any atom is 0.274 e. The van der Waals surface area contributed by atoms with Crippen LogP contribution in [0.25, 0.3) is 0 Å². The van der Waals surface area contributed by atoms with Gasteiger partial charge in [-0.3, -0.25) is 9.59 Å². The van der Waals surface area contributed by atoms with Crippen LogP contribution in [0.2, 0.25) is 5.02 Å². The van der Waals surface area contributed by atoms with Crippen molar-refractivity contribution < 1.29 is 9.59 Å². The van der Waals surface area contributed by atoms with Gasteiger partial charge >= 0.3 is 0 Å². The largest absolute Gasteiger partial charge is 0.354 e. The van der Waals surface area contributed by atoms with Crippen molar-refractivity contribution >= 4 is 46.2 Å². The number of aryl methyl sites for hydroxylation is 1. The molecule has 2 aromatic carbocycles. The van der Waals surface area contributed by atoms with Crippen LogP contribution in [-0.4, -0.2) is 16.8 Å². The minimum Gasteiger partial charge on any atom is -0.354 e. The lowest BCUT2D eigenvalue weighted by molar-refractivity contribution is -0.114. The van der Waals surface area contributed by atoms with Crippen LogP contribution in [0.3, 0.4) is 0 Å². The van der Waals surface area contributed by atoms with Gasteiger partial charge in [0.25, 0.3) is 5.91 Å². The van der Waals surface area contributed by atoms with Gasteiger partial charge in [0.2, 0.25) is 5.91 Å². The van der Waals surface area contributed by atoms with E-state index >= 15 is 0 Å². The molecule has 1 heterocycles. The minimum absolute atomic E-state index is 0.150. The Bertz CT molecular complexity index is 1000. The SMILES string of the molecule is CC(=O)Nc1ccc(NC(=O)c2ccc(Nc3ccc(Cl)cc3C)cn2)cc1. The number of anilines is 4. The average Bonchev–Trinajstić information content (AvgIpc) is 2.66. The lowest BCUT2D eigenvalue weighted by Gasteiger charge is -2.10. The Morgan fingerprint density at radius 2 is 1.54 bits per heavy atom. The molecule has 0 saturated heterocycles. The van der Waals surface area contributed by atoms with Crippen molar-refractivity contribution in [1.29, 1.82) is 0 Å². The number of aromatic nitrogens is 1. The molecule has 0 aliphatic carbocycles. The molecular formula is C21H19ClN4O2. The molecular weight excluding hydrogens is 376 g/mol. The number of rotatable bonds is 5. The minimum atomic E-state index is -0.318. The van der Waals surface area contributed by atoms with Gasteiger partial charge in [-0.2, -0.15) is 0 Å². The molecule has 0 fully saturated rings. The molecule has 28 heavy (non-hydrogen) atoms. The number of hydrogen-bond donors (Lipinski definition) is 3. The van der Waals surface area contributed by atoms with E-state index in [1.54, 1.807) is 42.6 Å². The zero-order valence-electron chi connectivity index (χ0n) is 15.4. The van der Waals surface area contributed by atoms with E-state index in [-0.39, 0.29) is 11.8 Å². The summed E-state index contributed by atoms with van der Waals surface area (Å²) in [5, 5.41) is 9.37. The molecule has 142 valence electrons. The second-order valence-corrected chi connectivity index (χ2v) is 6.67. The number of carbonyl (C=O) groups is 2. The van der Waals surface area contributed by atoms with Gasteiger partial charge in [-0.25, -0.2) is 4.98 Å². The van der Waals surface area contributed by atoms with E-state index in [2.05, 4.69) is 20.9 Å². The molecule has 3 aromatic rings. The third-order valence-electron chi connectivity index (χ3n) is 3.93. The third kappa shape index (κ3) is 5.08. The Labute approximate surface area is 168 Å². The van der Waals surface area contributed by atoms with E-state index in [1.165, 1.54) is 6.92 Å². The first-order valence-corrected chi connectivity index (χ1v) is 8.97. The van der Waals surface area contributed by atoms with Crippen molar-refractivity contribution in [3.05, 3.63) is 77.1 Å². The van der Waals surface area contributed by atoms with Crippen molar-refractivity contribution in [1.82, 2.24) is 4.98 Å². The molecule has 0 spiro atoms. The number of hydrogen-bond acceptors (Lipinski definition) is 4. The number of benzene rings is 2. The summed E-state index contributed by atoms with van der Waals surface area (Å²) in [4.78, 5) is 27.6. The van der Waals surface area contributed by atoms with Gasteiger partial charge in [-0.05, 0) is 67.1 Å². The van der Waals surface area contributed by atoms with E-state index in [0.29, 0.717) is 22.1 Å². The molecule has 0 aliphatic rings. The van der Waals surface area contributed by atoms with Gasteiger partial charge < -0.3 is 16.0 Å². The van der Waals surface area contributed by atoms with E-state index in [9.17, 15) is 9.59 Å². The monoisotopic (exact) mass is 394 g/mol. The molecule has 2 amide bonds. The number of nitrogens with one attached hydrogen (secondary N) is 3. The van der Waals surface area contributed by atoms with Crippen molar-refractivity contribution in [3.63, 3.8) is 0 Å². The second-order valence-electron chi connectivity index (χ2n) is 6.23. The normalized spacial score (nSPS) is 10.2. The highest BCUT2D eigenvalue weighted by Gasteiger charge is 2.08. The van der Waals surface area contributed by atoms with Crippen LogP contribution in [0.15, 0.2) is 60.8 Å². The Balaban J connectivity index is 1.64. The Kier molecular flexibility index (Phi) is 5.91. The lowest BCUT2D eigenvalue weighted by atomic mass is 10.2. The Morgan fingerprint density at radius 3 is 2.11 bits per heavy atom. The molecule has 0 atom stereocenters. The Morgan fingerprint density at radius 1 is 0.893 bits per heavy atom. The number of carbonyl (C=O) groups excluding carboxylic acids is 2. The predicted molar refractivity (Wildman–Crippen MR) is 112 cm³/mol. The van der Waals surface area contributed by atoms with E-state index in [4.69, 9.17) is 11.6 Å². The fourth-order valence-electron chi connectivity index (χ4n) is 2.56.